The largest absolute Gasteiger partial charge is 0.494 e. The number of pyridine rings is 1. The fourth-order valence-electron chi connectivity index (χ4n) is 2.95. The van der Waals surface area contributed by atoms with Gasteiger partial charge in [-0.3, -0.25) is 4.79 Å². The van der Waals surface area contributed by atoms with Gasteiger partial charge in [-0.05, 0) is 47.5 Å². The van der Waals surface area contributed by atoms with Crippen LogP contribution in [0.15, 0.2) is 65.8 Å². The van der Waals surface area contributed by atoms with Crippen molar-refractivity contribution in [2.45, 2.75) is 6.04 Å². The Kier molecular flexibility index (Phi) is 6.98. The first-order valence-corrected chi connectivity index (χ1v) is 9.43. The first kappa shape index (κ1) is 22.2. The molecule has 3 N–H and O–H groups in total. The Morgan fingerprint density at radius 2 is 1.97 bits per heavy atom. The molecule has 32 heavy (non-hydrogen) atoms. The zero-order valence-electron chi connectivity index (χ0n) is 17.4. The number of nitriles is 1. The van der Waals surface area contributed by atoms with Crippen molar-refractivity contribution < 1.29 is 18.7 Å². The summed E-state index contributed by atoms with van der Waals surface area (Å²) in [5.74, 6) is -0.886. The molecular weight excluding hydrogens is 413 g/mol. The number of nitrogens with two attached hydrogens (primary N) is 1. The van der Waals surface area contributed by atoms with E-state index in [0.29, 0.717) is 22.4 Å². The molecule has 0 saturated heterocycles. The molecule has 2 aromatic carbocycles. The minimum atomic E-state index is -0.694. The molecule has 162 valence electrons. The van der Waals surface area contributed by atoms with Crippen LogP contribution in [0.1, 0.15) is 33.2 Å². The predicted molar refractivity (Wildman–Crippen MR) is 117 cm³/mol. The second kappa shape index (κ2) is 10.0. The molecule has 1 heterocycles. The number of nitrogens with one attached hydrogen (secondary N) is 1. The Morgan fingerprint density at radius 3 is 2.59 bits per heavy atom. The maximum atomic E-state index is 14.3. The lowest BCUT2D eigenvalue weighted by Crippen LogP contribution is -2.16. The van der Waals surface area contributed by atoms with E-state index in [2.05, 4.69) is 15.3 Å². The molecule has 0 aliphatic rings. The Morgan fingerprint density at radius 1 is 1.19 bits per heavy atom. The van der Waals surface area contributed by atoms with Gasteiger partial charge in [-0.25, -0.2) is 14.4 Å². The van der Waals surface area contributed by atoms with Gasteiger partial charge in [0.1, 0.15) is 17.8 Å². The van der Waals surface area contributed by atoms with Gasteiger partial charge in [0.15, 0.2) is 11.6 Å². The van der Waals surface area contributed by atoms with Crippen molar-refractivity contribution >= 4 is 17.6 Å². The van der Waals surface area contributed by atoms with E-state index in [0.717, 1.165) is 0 Å². The number of amidine groups is 1. The highest BCUT2D eigenvalue weighted by Crippen LogP contribution is 2.31. The van der Waals surface area contributed by atoms with Crippen molar-refractivity contribution in [3.05, 3.63) is 89.0 Å². The Labute approximate surface area is 184 Å². The van der Waals surface area contributed by atoms with Gasteiger partial charge in [0.25, 0.3) is 11.9 Å². The molecule has 3 rings (SSSR count). The van der Waals surface area contributed by atoms with Crippen molar-refractivity contribution in [1.29, 1.82) is 5.26 Å². The van der Waals surface area contributed by atoms with Crippen LogP contribution in [0.4, 0.5) is 10.1 Å². The molecule has 9 heteroatoms. The fraction of sp³-hybridized carbons (Fsp3) is 0.130. The Hall–Kier alpha value is -4.45. The number of amides is 1. The quantitative estimate of drug-likeness (QED) is 0.454. The minimum Gasteiger partial charge on any atom is -0.494 e. The topological polar surface area (TPSA) is 123 Å². The molecule has 1 unspecified atom stereocenters. The van der Waals surface area contributed by atoms with Gasteiger partial charge in [-0.2, -0.15) is 5.26 Å². The zero-order chi connectivity index (χ0) is 23.1. The number of carbonyl (C=O) groups excluding carboxylic acids is 1. The Balaban J connectivity index is 1.92. The molecule has 1 aromatic heterocycles. The van der Waals surface area contributed by atoms with Crippen LogP contribution in [-0.4, -0.2) is 31.1 Å². The maximum Gasteiger partial charge on any atom is 0.282 e. The predicted octanol–water partition coefficient (Wildman–Crippen LogP) is 3.40. The number of benzene rings is 2. The second-order valence-electron chi connectivity index (χ2n) is 6.59. The van der Waals surface area contributed by atoms with Gasteiger partial charge in [0, 0.05) is 11.9 Å². The third kappa shape index (κ3) is 5.17. The number of carbonyl (C=O) groups is 1. The van der Waals surface area contributed by atoms with E-state index in [9.17, 15) is 9.18 Å². The van der Waals surface area contributed by atoms with Gasteiger partial charge < -0.3 is 20.5 Å². The molecule has 0 aliphatic heterocycles. The van der Waals surface area contributed by atoms with Gasteiger partial charge in [0.2, 0.25) is 0 Å². The van der Waals surface area contributed by atoms with E-state index >= 15 is 0 Å². The average molecular weight is 433 g/mol. The fourth-order valence-corrected chi connectivity index (χ4v) is 2.95. The summed E-state index contributed by atoms with van der Waals surface area (Å²) < 4.78 is 24.3. The van der Waals surface area contributed by atoms with Gasteiger partial charge >= 0.3 is 0 Å². The number of ether oxygens (including phenoxy) is 2. The van der Waals surface area contributed by atoms with Gasteiger partial charge in [0.05, 0.1) is 19.8 Å². The summed E-state index contributed by atoms with van der Waals surface area (Å²) in [5.41, 5.74) is 7.91. The number of methoxy groups -OCH3 is 2. The molecule has 0 spiro atoms. The van der Waals surface area contributed by atoms with Crippen molar-refractivity contribution in [1.82, 2.24) is 4.98 Å². The van der Waals surface area contributed by atoms with Crippen LogP contribution < -0.4 is 15.8 Å². The minimum absolute atomic E-state index is 0.0811. The average Bonchev–Trinajstić information content (AvgIpc) is 2.82. The highest BCUT2D eigenvalue weighted by Gasteiger charge is 2.18. The van der Waals surface area contributed by atoms with Crippen LogP contribution in [0, 0.1) is 17.1 Å². The van der Waals surface area contributed by atoms with E-state index in [-0.39, 0.29) is 17.5 Å². The summed E-state index contributed by atoms with van der Waals surface area (Å²) >= 11 is 0. The monoisotopic (exact) mass is 433 g/mol. The molecule has 3 aromatic rings. The molecular formula is C23H20FN5O3. The van der Waals surface area contributed by atoms with Crippen molar-refractivity contribution in [3.63, 3.8) is 0 Å². The molecule has 0 aliphatic carbocycles. The van der Waals surface area contributed by atoms with Crippen molar-refractivity contribution in [2.75, 3.05) is 19.5 Å². The number of hydrogen-bond donors (Lipinski definition) is 2. The van der Waals surface area contributed by atoms with Crippen molar-refractivity contribution in [3.8, 4) is 11.8 Å². The summed E-state index contributed by atoms with van der Waals surface area (Å²) in [7, 11) is 2.76. The molecule has 1 atom stereocenters. The van der Waals surface area contributed by atoms with Crippen LogP contribution in [0.25, 0.3) is 0 Å². The van der Waals surface area contributed by atoms with E-state index in [4.69, 9.17) is 20.5 Å². The first-order chi connectivity index (χ1) is 15.4. The summed E-state index contributed by atoms with van der Waals surface area (Å²) in [6, 6.07) is 15.5. The lowest BCUT2D eigenvalue weighted by molar-refractivity contribution is 0.102. The van der Waals surface area contributed by atoms with Crippen LogP contribution in [0.3, 0.4) is 0 Å². The third-order valence-corrected chi connectivity index (χ3v) is 4.54. The summed E-state index contributed by atoms with van der Waals surface area (Å²) in [4.78, 5) is 20.8. The standard InChI is InChI=1S/C23H20FN5O3/c1-31-20-9-7-16(11-18(20)24)21(29-23(26)32-2)15-4-3-5-17(10-15)28-22(30)19-8-6-14(12-25)13-27-19/h3-11,13,21H,1-2H3,(H2,26,29)(H,28,30). The smallest absolute Gasteiger partial charge is 0.282 e. The van der Waals surface area contributed by atoms with E-state index in [1.807, 2.05) is 6.07 Å². The van der Waals surface area contributed by atoms with Gasteiger partial charge in [-0.15, -0.1) is 0 Å². The molecule has 1 amide bonds. The highest BCUT2D eigenvalue weighted by molar-refractivity contribution is 6.02. The van der Waals surface area contributed by atoms with Crippen LogP contribution in [0.5, 0.6) is 5.75 Å². The van der Waals surface area contributed by atoms with E-state index in [1.54, 1.807) is 30.3 Å². The zero-order valence-corrected chi connectivity index (χ0v) is 17.4. The molecule has 8 nitrogen and oxygen atoms in total. The molecule has 0 fully saturated rings. The summed E-state index contributed by atoms with van der Waals surface area (Å²) in [6.07, 6.45) is 1.32. The summed E-state index contributed by atoms with van der Waals surface area (Å²) in [5, 5.41) is 11.6. The SMILES string of the molecule is CO/C(N)=N\C(c1cccc(NC(=O)c2ccc(C#N)cn2)c1)c1ccc(OC)c(F)c1. The van der Waals surface area contributed by atoms with Crippen LogP contribution in [-0.2, 0) is 4.74 Å². The summed E-state index contributed by atoms with van der Waals surface area (Å²) in [6.45, 7) is 0. The van der Waals surface area contributed by atoms with Gasteiger partial charge in [-0.1, -0.05) is 18.2 Å². The number of halogens is 1. The maximum absolute atomic E-state index is 14.3. The highest BCUT2D eigenvalue weighted by atomic mass is 19.1. The lowest BCUT2D eigenvalue weighted by Gasteiger charge is -2.16. The van der Waals surface area contributed by atoms with Crippen LogP contribution in [0.2, 0.25) is 0 Å². The number of aliphatic imine (C=N–C) groups is 1. The van der Waals surface area contributed by atoms with Crippen LogP contribution >= 0.6 is 0 Å². The number of rotatable bonds is 6. The van der Waals surface area contributed by atoms with E-state index in [1.165, 1.54) is 44.7 Å². The van der Waals surface area contributed by atoms with E-state index < -0.39 is 17.8 Å². The molecule has 0 radical (unpaired) electrons. The lowest BCUT2D eigenvalue weighted by atomic mass is 9.98. The normalized spacial score (nSPS) is 11.9. The number of aromatic nitrogens is 1. The van der Waals surface area contributed by atoms with Crippen molar-refractivity contribution in [2.24, 2.45) is 10.7 Å². The molecule has 0 saturated carbocycles. The Bertz CT molecular complexity index is 1190. The second-order valence-corrected chi connectivity index (χ2v) is 6.59. The molecule has 0 bridgehead atoms. The third-order valence-electron chi connectivity index (χ3n) is 4.54. The first-order valence-electron chi connectivity index (χ1n) is 9.43. The number of nitrogens with zero attached hydrogens (tertiary/aromatic N) is 3. The number of anilines is 1. The number of hydrogen-bond acceptors (Lipinski definition) is 6.